The van der Waals surface area contributed by atoms with Crippen LogP contribution in [0.2, 0.25) is 0 Å². The van der Waals surface area contributed by atoms with E-state index < -0.39 is 24.1 Å². The molecule has 7 heteroatoms. The molecule has 1 amide bonds. The Labute approximate surface area is 161 Å². The molecule has 146 valence electrons. The van der Waals surface area contributed by atoms with Crippen molar-refractivity contribution in [2.45, 2.75) is 25.2 Å². The van der Waals surface area contributed by atoms with Crippen molar-refractivity contribution in [3.63, 3.8) is 0 Å². The molecule has 0 spiro atoms. The standard InChI is InChI=1S/C21H21FN2O4/c22-17-12-18-15(7-4-9-23-18)11-16(17)20(26)19(25)8-10-24-21(27)28-13-14-5-2-1-3-6-14/h1-7,9,11-12,19-20,25-26H,8,10,13H2,(H,24,27). The molecule has 1 aromatic heterocycles. The van der Waals surface area contributed by atoms with Crippen molar-refractivity contribution in [3.05, 3.63) is 77.7 Å². The number of pyridine rings is 1. The maximum Gasteiger partial charge on any atom is 0.407 e. The first kappa shape index (κ1) is 19.7. The maximum absolute atomic E-state index is 14.2. The number of carbonyl (C=O) groups is 1. The highest BCUT2D eigenvalue weighted by Crippen LogP contribution is 2.25. The molecule has 6 nitrogen and oxygen atoms in total. The van der Waals surface area contributed by atoms with Crippen molar-refractivity contribution in [1.29, 1.82) is 0 Å². The summed E-state index contributed by atoms with van der Waals surface area (Å²) < 4.78 is 19.3. The van der Waals surface area contributed by atoms with Gasteiger partial charge in [0.2, 0.25) is 0 Å². The molecular formula is C21H21FN2O4. The lowest BCUT2D eigenvalue weighted by molar-refractivity contribution is 0.0117. The predicted molar refractivity (Wildman–Crippen MR) is 102 cm³/mol. The molecule has 3 aromatic rings. The molecule has 0 fully saturated rings. The molecule has 28 heavy (non-hydrogen) atoms. The zero-order chi connectivity index (χ0) is 19.9. The molecule has 0 saturated heterocycles. The van der Waals surface area contributed by atoms with E-state index in [1.807, 2.05) is 30.3 Å². The number of amides is 1. The molecule has 0 aliphatic heterocycles. The van der Waals surface area contributed by atoms with Gasteiger partial charge < -0.3 is 20.3 Å². The van der Waals surface area contributed by atoms with E-state index in [4.69, 9.17) is 4.74 Å². The van der Waals surface area contributed by atoms with Gasteiger partial charge in [-0.25, -0.2) is 9.18 Å². The number of alkyl carbamates (subject to hydrolysis) is 1. The first-order valence-electron chi connectivity index (χ1n) is 8.89. The third-order valence-electron chi connectivity index (χ3n) is 4.33. The van der Waals surface area contributed by atoms with Crippen molar-refractivity contribution < 1.29 is 24.1 Å². The number of aromatic nitrogens is 1. The highest BCUT2D eigenvalue weighted by Gasteiger charge is 2.22. The highest BCUT2D eigenvalue weighted by molar-refractivity contribution is 5.79. The smallest absolute Gasteiger partial charge is 0.407 e. The molecule has 2 atom stereocenters. The largest absolute Gasteiger partial charge is 0.445 e. The molecule has 3 N–H and O–H groups in total. The van der Waals surface area contributed by atoms with Gasteiger partial charge >= 0.3 is 6.09 Å². The van der Waals surface area contributed by atoms with Gasteiger partial charge in [-0.05, 0) is 24.1 Å². The second-order valence-electron chi connectivity index (χ2n) is 6.36. The lowest BCUT2D eigenvalue weighted by Gasteiger charge is -2.19. The van der Waals surface area contributed by atoms with Crippen molar-refractivity contribution in [3.8, 4) is 0 Å². The minimum Gasteiger partial charge on any atom is -0.445 e. The van der Waals surface area contributed by atoms with Crippen molar-refractivity contribution >= 4 is 17.0 Å². The zero-order valence-electron chi connectivity index (χ0n) is 15.1. The summed E-state index contributed by atoms with van der Waals surface area (Å²) in [6, 6.07) is 15.4. The molecule has 0 aliphatic carbocycles. The maximum atomic E-state index is 14.2. The van der Waals surface area contributed by atoms with Gasteiger partial charge in [-0.15, -0.1) is 0 Å². The van der Waals surface area contributed by atoms with Gasteiger partial charge in [0, 0.05) is 29.8 Å². The van der Waals surface area contributed by atoms with E-state index in [2.05, 4.69) is 10.3 Å². The lowest BCUT2D eigenvalue weighted by Crippen LogP contribution is -2.30. The zero-order valence-corrected chi connectivity index (χ0v) is 15.1. The Hall–Kier alpha value is -3.03. The molecule has 2 aromatic carbocycles. The lowest BCUT2D eigenvalue weighted by atomic mass is 9.99. The van der Waals surface area contributed by atoms with Crippen LogP contribution in [0.1, 0.15) is 23.7 Å². The Balaban J connectivity index is 1.49. The summed E-state index contributed by atoms with van der Waals surface area (Å²) in [5.74, 6) is -0.645. The summed E-state index contributed by atoms with van der Waals surface area (Å²) in [6.07, 6.45) is -1.72. The predicted octanol–water partition coefficient (Wildman–Crippen LogP) is 3.08. The van der Waals surface area contributed by atoms with Crippen LogP contribution in [0.4, 0.5) is 9.18 Å². The number of aliphatic hydroxyl groups excluding tert-OH is 2. The fourth-order valence-electron chi connectivity index (χ4n) is 2.80. The Morgan fingerprint density at radius 3 is 2.71 bits per heavy atom. The number of hydrogen-bond donors (Lipinski definition) is 3. The third-order valence-corrected chi connectivity index (χ3v) is 4.33. The van der Waals surface area contributed by atoms with Crippen molar-refractivity contribution in [2.75, 3.05) is 6.54 Å². The quantitative estimate of drug-likeness (QED) is 0.582. The van der Waals surface area contributed by atoms with Crippen LogP contribution in [0.3, 0.4) is 0 Å². The molecule has 0 radical (unpaired) electrons. The van der Waals surface area contributed by atoms with E-state index in [0.717, 1.165) is 5.56 Å². The second-order valence-corrected chi connectivity index (χ2v) is 6.36. The second kappa shape index (κ2) is 9.25. The van der Waals surface area contributed by atoms with Crippen molar-refractivity contribution in [1.82, 2.24) is 10.3 Å². The number of nitrogens with zero attached hydrogens (tertiary/aromatic N) is 1. The summed E-state index contributed by atoms with van der Waals surface area (Å²) >= 11 is 0. The number of benzene rings is 2. The van der Waals surface area contributed by atoms with Crippen LogP contribution in [0.15, 0.2) is 60.8 Å². The summed E-state index contributed by atoms with van der Waals surface area (Å²) in [6.45, 7) is 0.205. The topological polar surface area (TPSA) is 91.7 Å². The fraction of sp³-hybridized carbons (Fsp3) is 0.238. The van der Waals surface area contributed by atoms with E-state index >= 15 is 0 Å². The van der Waals surface area contributed by atoms with Gasteiger partial charge in [0.05, 0.1) is 11.6 Å². The van der Waals surface area contributed by atoms with Crippen LogP contribution in [0.25, 0.3) is 10.9 Å². The summed E-state index contributed by atoms with van der Waals surface area (Å²) in [7, 11) is 0. The monoisotopic (exact) mass is 384 g/mol. The summed E-state index contributed by atoms with van der Waals surface area (Å²) in [4.78, 5) is 15.7. The molecule has 1 heterocycles. The van der Waals surface area contributed by atoms with Crippen LogP contribution in [0, 0.1) is 5.82 Å². The fourth-order valence-corrected chi connectivity index (χ4v) is 2.80. The van der Waals surface area contributed by atoms with Gasteiger partial charge in [0.25, 0.3) is 0 Å². The van der Waals surface area contributed by atoms with E-state index in [-0.39, 0.29) is 25.1 Å². The SMILES string of the molecule is O=C(NCCC(O)C(O)c1cc2cccnc2cc1F)OCc1ccccc1. The van der Waals surface area contributed by atoms with Crippen LogP contribution >= 0.6 is 0 Å². The Kier molecular flexibility index (Phi) is 6.52. The number of halogens is 1. The first-order chi connectivity index (χ1) is 13.5. The number of hydrogen-bond acceptors (Lipinski definition) is 5. The minimum atomic E-state index is -1.42. The number of rotatable bonds is 7. The van der Waals surface area contributed by atoms with E-state index in [0.29, 0.717) is 10.9 Å². The number of ether oxygens (including phenoxy) is 1. The van der Waals surface area contributed by atoms with Crippen LogP contribution in [-0.4, -0.2) is 33.9 Å². The molecule has 0 bridgehead atoms. The van der Waals surface area contributed by atoms with E-state index in [9.17, 15) is 19.4 Å². The summed E-state index contributed by atoms with van der Waals surface area (Å²) in [5.41, 5.74) is 1.31. The molecular weight excluding hydrogens is 363 g/mol. The molecule has 0 saturated carbocycles. The number of nitrogens with one attached hydrogen (secondary N) is 1. The van der Waals surface area contributed by atoms with Crippen LogP contribution in [-0.2, 0) is 11.3 Å². The van der Waals surface area contributed by atoms with Gasteiger partial charge in [-0.1, -0.05) is 36.4 Å². The van der Waals surface area contributed by atoms with Gasteiger partial charge in [0.1, 0.15) is 18.5 Å². The Bertz CT molecular complexity index is 936. The summed E-state index contributed by atoms with van der Waals surface area (Å²) in [5, 5.41) is 23.6. The highest BCUT2D eigenvalue weighted by atomic mass is 19.1. The average Bonchev–Trinajstić information content (AvgIpc) is 2.72. The first-order valence-corrected chi connectivity index (χ1v) is 8.89. The normalized spacial score (nSPS) is 13.1. The minimum absolute atomic E-state index is 0.0142. The number of aliphatic hydroxyl groups is 2. The molecule has 2 unspecified atom stereocenters. The van der Waals surface area contributed by atoms with Crippen LogP contribution < -0.4 is 5.32 Å². The van der Waals surface area contributed by atoms with E-state index in [1.54, 1.807) is 18.3 Å². The Morgan fingerprint density at radius 1 is 1.14 bits per heavy atom. The molecule has 0 aliphatic rings. The van der Waals surface area contributed by atoms with Crippen molar-refractivity contribution in [2.24, 2.45) is 0 Å². The van der Waals surface area contributed by atoms with Gasteiger partial charge in [-0.2, -0.15) is 0 Å². The van der Waals surface area contributed by atoms with Gasteiger partial charge in [-0.3, -0.25) is 4.98 Å². The van der Waals surface area contributed by atoms with Gasteiger partial charge in [0.15, 0.2) is 0 Å². The van der Waals surface area contributed by atoms with E-state index in [1.165, 1.54) is 12.1 Å². The third kappa shape index (κ3) is 5.03. The number of carbonyl (C=O) groups excluding carboxylic acids is 1. The van der Waals surface area contributed by atoms with Crippen LogP contribution in [0.5, 0.6) is 0 Å². The average molecular weight is 384 g/mol. The molecule has 3 rings (SSSR count). The Morgan fingerprint density at radius 2 is 1.93 bits per heavy atom. The number of fused-ring (bicyclic) bond motifs is 1.